The van der Waals surface area contributed by atoms with Crippen LogP contribution in [0.15, 0.2) is 25.2 Å². The summed E-state index contributed by atoms with van der Waals surface area (Å²) in [7, 11) is 0. The second kappa shape index (κ2) is 6.44. The standard InChI is InChI=1S/C13H8O5S6/c14-6-5(11-21-7-8(22-11)16-2-1-15-7)19-12(20-6)13-23-9-10(24-13)18-4-3-17-9/h1-4H2. The lowest BCUT2D eigenvalue weighted by molar-refractivity contribution is 0.0949. The Morgan fingerprint density at radius 1 is 0.625 bits per heavy atom. The van der Waals surface area contributed by atoms with Gasteiger partial charge in [0.15, 0.2) is 0 Å². The lowest BCUT2D eigenvalue weighted by Gasteiger charge is -2.13. The topological polar surface area (TPSA) is 54.0 Å². The van der Waals surface area contributed by atoms with Gasteiger partial charge in [-0.15, -0.1) is 11.3 Å². The van der Waals surface area contributed by atoms with Gasteiger partial charge in [0.2, 0.25) is 20.4 Å². The van der Waals surface area contributed by atoms with E-state index in [2.05, 4.69) is 0 Å². The first-order chi connectivity index (χ1) is 11.8. The third-order valence-corrected chi connectivity index (χ3v) is 11.0. The fourth-order valence-electron chi connectivity index (χ4n) is 2.11. The minimum absolute atomic E-state index is 0.0743. The molecule has 5 heterocycles. The summed E-state index contributed by atoms with van der Waals surface area (Å²) in [6.45, 7) is 2.28. The van der Waals surface area contributed by atoms with Gasteiger partial charge in [-0.1, -0.05) is 11.3 Å². The van der Waals surface area contributed by atoms with Gasteiger partial charge >= 0.3 is 0 Å². The van der Waals surface area contributed by atoms with Crippen molar-refractivity contribution in [2.75, 3.05) is 26.4 Å². The first kappa shape index (κ1) is 15.9. The highest BCUT2D eigenvalue weighted by Gasteiger charge is 2.30. The first-order valence-electron chi connectivity index (χ1n) is 6.87. The van der Waals surface area contributed by atoms with Crippen LogP contribution < -0.4 is 13.1 Å². The predicted molar refractivity (Wildman–Crippen MR) is 103 cm³/mol. The molecule has 0 saturated heterocycles. The third kappa shape index (κ3) is 2.78. The van der Waals surface area contributed by atoms with E-state index in [0.717, 1.165) is 37.2 Å². The molecule has 11 heteroatoms. The second-order valence-electron chi connectivity index (χ2n) is 4.64. The maximum Gasteiger partial charge on any atom is 0.252 e. The number of hydrogen-bond acceptors (Lipinski definition) is 11. The lowest BCUT2D eigenvalue weighted by Crippen LogP contribution is -2.14. The van der Waals surface area contributed by atoms with E-state index in [1.54, 1.807) is 23.5 Å². The zero-order chi connectivity index (χ0) is 16.1. The Kier molecular flexibility index (Phi) is 4.26. The van der Waals surface area contributed by atoms with Gasteiger partial charge in [0.05, 0.1) is 8.47 Å². The van der Waals surface area contributed by atoms with E-state index in [1.807, 2.05) is 0 Å². The Bertz CT molecular complexity index is 914. The Labute approximate surface area is 161 Å². The molecule has 4 aliphatic heterocycles. The summed E-state index contributed by atoms with van der Waals surface area (Å²) in [5.74, 6) is 0. The Morgan fingerprint density at radius 3 is 1.58 bits per heavy atom. The van der Waals surface area contributed by atoms with E-state index in [-0.39, 0.29) is 4.74 Å². The predicted octanol–water partition coefficient (Wildman–Crippen LogP) is 2.61. The summed E-state index contributed by atoms with van der Waals surface area (Å²) in [6.07, 6.45) is 0. The van der Waals surface area contributed by atoms with Crippen molar-refractivity contribution in [1.82, 2.24) is 0 Å². The summed E-state index contributed by atoms with van der Waals surface area (Å²) in [5.41, 5.74) is 0. The van der Waals surface area contributed by atoms with Gasteiger partial charge in [0.25, 0.3) is 4.74 Å². The van der Waals surface area contributed by atoms with Gasteiger partial charge in [-0.2, -0.15) is 0 Å². The molecule has 5 rings (SSSR count). The van der Waals surface area contributed by atoms with Crippen molar-refractivity contribution in [3.05, 3.63) is 38.3 Å². The molecule has 24 heavy (non-hydrogen) atoms. The van der Waals surface area contributed by atoms with Crippen LogP contribution in [-0.4, -0.2) is 26.4 Å². The Balaban J connectivity index is 1.52. The van der Waals surface area contributed by atoms with Crippen LogP contribution in [0.4, 0.5) is 0 Å². The summed E-state index contributed by atoms with van der Waals surface area (Å²) in [6, 6.07) is 0. The second-order valence-corrected chi connectivity index (χ2v) is 11.3. The fraction of sp³-hybridized carbons (Fsp3) is 0.308. The number of ether oxygens (including phenoxy) is 4. The summed E-state index contributed by atoms with van der Waals surface area (Å²) >= 11 is 8.85. The van der Waals surface area contributed by atoms with E-state index in [0.29, 0.717) is 26.4 Å². The molecule has 0 saturated carbocycles. The molecule has 1 aromatic rings. The quantitative estimate of drug-likeness (QED) is 0.611. The molecule has 0 fully saturated rings. The molecule has 0 bridgehead atoms. The maximum absolute atomic E-state index is 12.5. The van der Waals surface area contributed by atoms with Crippen LogP contribution in [-0.2, 0) is 18.9 Å². The molecule has 0 atom stereocenters. The zero-order valence-electron chi connectivity index (χ0n) is 11.8. The van der Waals surface area contributed by atoms with E-state index < -0.39 is 0 Å². The van der Waals surface area contributed by atoms with Crippen LogP contribution >= 0.6 is 69.7 Å². The molecule has 0 amide bonds. The molecule has 0 aliphatic carbocycles. The van der Waals surface area contributed by atoms with Crippen molar-refractivity contribution >= 4 is 78.2 Å². The van der Waals surface area contributed by atoms with Crippen LogP contribution in [0.3, 0.4) is 0 Å². The number of rotatable bonds is 0. The smallest absolute Gasteiger partial charge is 0.252 e. The molecule has 126 valence electrons. The van der Waals surface area contributed by atoms with Gasteiger partial charge in [-0.3, -0.25) is 4.79 Å². The van der Waals surface area contributed by atoms with Crippen LogP contribution in [0.2, 0.25) is 0 Å². The van der Waals surface area contributed by atoms with Crippen LogP contribution in [0, 0.1) is 0 Å². The van der Waals surface area contributed by atoms with Crippen LogP contribution in [0.25, 0.3) is 8.47 Å². The largest absolute Gasteiger partial charge is 0.480 e. The monoisotopic (exact) mass is 436 g/mol. The molecular formula is C13H8O5S6. The highest BCUT2D eigenvalue weighted by Crippen LogP contribution is 2.53. The van der Waals surface area contributed by atoms with Crippen molar-refractivity contribution < 1.29 is 18.9 Å². The number of hydrogen-bond donors (Lipinski definition) is 0. The zero-order valence-corrected chi connectivity index (χ0v) is 16.7. The van der Waals surface area contributed by atoms with Crippen LogP contribution in [0.5, 0.6) is 0 Å². The van der Waals surface area contributed by atoms with Gasteiger partial charge in [-0.05, 0) is 47.0 Å². The van der Waals surface area contributed by atoms with E-state index in [1.165, 1.54) is 46.2 Å². The van der Waals surface area contributed by atoms with Gasteiger partial charge < -0.3 is 18.9 Å². The minimum Gasteiger partial charge on any atom is -0.480 e. The van der Waals surface area contributed by atoms with Gasteiger partial charge in [0.1, 0.15) is 34.8 Å². The first-order valence-corrected chi connectivity index (χ1v) is 11.8. The van der Waals surface area contributed by atoms with Crippen molar-refractivity contribution in [3.63, 3.8) is 0 Å². The van der Waals surface area contributed by atoms with E-state index in [9.17, 15) is 4.79 Å². The number of thioether (sulfide) groups is 4. The molecule has 0 spiro atoms. The average Bonchev–Trinajstić information content (AvgIpc) is 3.29. The maximum atomic E-state index is 12.5. The average molecular weight is 437 g/mol. The normalized spacial score (nSPS) is 22.7. The van der Waals surface area contributed by atoms with Gasteiger partial charge in [-0.25, -0.2) is 0 Å². The Morgan fingerprint density at radius 2 is 1.08 bits per heavy atom. The van der Waals surface area contributed by atoms with Crippen molar-refractivity contribution in [3.8, 4) is 0 Å². The van der Waals surface area contributed by atoms with Crippen molar-refractivity contribution in [2.45, 2.75) is 0 Å². The molecular weight excluding hydrogens is 429 g/mol. The minimum atomic E-state index is 0.0743. The molecule has 5 nitrogen and oxygen atoms in total. The SMILES string of the molecule is O=c1sc(=C2SC3=C(OCCO3)S2)sc1=C1SC2=C(OCCO2)S1. The lowest BCUT2D eigenvalue weighted by atomic mass is 10.7. The Hall–Kier alpha value is -0.330. The molecule has 0 unspecified atom stereocenters. The summed E-state index contributed by atoms with van der Waals surface area (Å²) in [5, 5.41) is 3.17. The van der Waals surface area contributed by atoms with Crippen molar-refractivity contribution in [2.24, 2.45) is 0 Å². The highest BCUT2D eigenvalue weighted by molar-refractivity contribution is 8.36. The fourth-order valence-corrected chi connectivity index (χ4v) is 9.60. The van der Waals surface area contributed by atoms with Crippen LogP contribution in [0.1, 0.15) is 0 Å². The molecule has 1 aromatic heterocycles. The molecule has 4 aliphatic rings. The summed E-state index contributed by atoms with van der Waals surface area (Å²) < 4.78 is 26.2. The summed E-state index contributed by atoms with van der Waals surface area (Å²) in [4.78, 5) is 12.5. The third-order valence-electron chi connectivity index (χ3n) is 3.09. The van der Waals surface area contributed by atoms with Gasteiger partial charge in [0, 0.05) is 0 Å². The van der Waals surface area contributed by atoms with E-state index >= 15 is 0 Å². The van der Waals surface area contributed by atoms with E-state index in [4.69, 9.17) is 18.9 Å². The molecule has 0 N–H and O–H groups in total. The van der Waals surface area contributed by atoms with Crippen molar-refractivity contribution in [1.29, 1.82) is 0 Å². The molecule has 0 aromatic carbocycles. The highest BCUT2D eigenvalue weighted by atomic mass is 32.2. The molecule has 0 radical (unpaired) electrons.